The van der Waals surface area contributed by atoms with Gasteiger partial charge in [0.2, 0.25) is 0 Å². The largest absolute Gasteiger partial charge is 0.463 e. The van der Waals surface area contributed by atoms with E-state index in [1.54, 1.807) is 49.6 Å². The highest BCUT2D eigenvalue weighted by Gasteiger charge is 2.48. The molecule has 2 aliphatic heterocycles. The van der Waals surface area contributed by atoms with Gasteiger partial charge < -0.3 is 9.47 Å². The van der Waals surface area contributed by atoms with Crippen LogP contribution < -0.4 is 0 Å². The summed E-state index contributed by atoms with van der Waals surface area (Å²) in [6.45, 7) is 6.03. The Bertz CT molecular complexity index is 1360. The lowest BCUT2D eigenvalue weighted by Crippen LogP contribution is -2.44. The monoisotopic (exact) mass is 529 g/mol. The number of carbonyl (C=O) groups is 4. The molecule has 2 atom stereocenters. The first kappa shape index (κ1) is 26.6. The Morgan fingerprint density at radius 2 is 1.74 bits per heavy atom. The molecule has 1 aromatic carbocycles. The molecule has 0 bridgehead atoms. The van der Waals surface area contributed by atoms with Crippen molar-refractivity contribution >= 4 is 29.3 Å². The minimum absolute atomic E-state index is 0.0336. The number of ether oxygens (including phenoxy) is 2. The second-order valence-electron chi connectivity index (χ2n) is 10.8. The van der Waals surface area contributed by atoms with E-state index in [9.17, 15) is 19.2 Å². The Balaban J connectivity index is 1.43. The summed E-state index contributed by atoms with van der Waals surface area (Å²) in [6, 6.07) is 10.3. The van der Waals surface area contributed by atoms with Crippen molar-refractivity contribution < 1.29 is 28.7 Å². The van der Waals surface area contributed by atoms with Crippen LogP contribution in [0.25, 0.3) is 0 Å². The minimum Gasteiger partial charge on any atom is -0.463 e. The van der Waals surface area contributed by atoms with E-state index in [1.165, 1.54) is 0 Å². The van der Waals surface area contributed by atoms with Crippen LogP contribution in [0.1, 0.15) is 65.8 Å². The minimum atomic E-state index is -0.594. The van der Waals surface area contributed by atoms with Crippen LogP contribution >= 0.6 is 0 Å². The van der Waals surface area contributed by atoms with Crippen LogP contribution in [0.4, 0.5) is 0 Å². The molecule has 0 saturated heterocycles. The van der Waals surface area contributed by atoms with Crippen molar-refractivity contribution in [2.45, 2.75) is 39.5 Å². The summed E-state index contributed by atoms with van der Waals surface area (Å²) in [5, 5.41) is 0. The van der Waals surface area contributed by atoms with Gasteiger partial charge >= 0.3 is 5.97 Å². The molecule has 0 radical (unpaired) electrons. The first-order valence-electron chi connectivity index (χ1n) is 13.1. The van der Waals surface area contributed by atoms with Gasteiger partial charge in [0.1, 0.15) is 5.78 Å². The molecule has 202 valence electrons. The number of ketones is 1. The number of amides is 2. The number of esters is 1. The van der Waals surface area contributed by atoms with Crippen molar-refractivity contribution in [3.05, 3.63) is 76.8 Å². The third-order valence-electron chi connectivity index (χ3n) is 7.37. The van der Waals surface area contributed by atoms with E-state index in [-0.39, 0.29) is 55.0 Å². The Morgan fingerprint density at radius 1 is 1.03 bits per heavy atom. The maximum Gasteiger partial charge on any atom is 0.336 e. The fraction of sp³-hybridized carbons (Fsp3) is 0.400. The number of aromatic nitrogens is 1. The van der Waals surface area contributed by atoms with Crippen LogP contribution in [0.15, 0.2) is 65.1 Å². The van der Waals surface area contributed by atoms with Crippen LogP contribution in [-0.2, 0) is 19.1 Å². The molecule has 9 nitrogen and oxygen atoms in total. The molecule has 3 aliphatic rings. The zero-order chi connectivity index (χ0) is 27.7. The summed E-state index contributed by atoms with van der Waals surface area (Å²) >= 11 is 0. The molecule has 2 aromatic rings. The Hall–Kier alpha value is -3.98. The number of benzene rings is 1. The Labute approximate surface area is 226 Å². The summed E-state index contributed by atoms with van der Waals surface area (Å²) in [7, 11) is 0. The number of nitrogens with zero attached hydrogens (tertiary/aromatic N) is 3. The molecular weight excluding hydrogens is 498 g/mol. The van der Waals surface area contributed by atoms with Crippen LogP contribution in [0, 0.1) is 11.3 Å². The van der Waals surface area contributed by atoms with Crippen LogP contribution in [0.2, 0.25) is 0 Å². The van der Waals surface area contributed by atoms with E-state index in [2.05, 4.69) is 4.98 Å². The predicted molar refractivity (Wildman–Crippen MR) is 142 cm³/mol. The molecular formula is C30H31N3O6. The van der Waals surface area contributed by atoms with Gasteiger partial charge in [0.05, 0.1) is 54.7 Å². The van der Waals surface area contributed by atoms with E-state index in [4.69, 9.17) is 14.5 Å². The summed E-state index contributed by atoms with van der Waals surface area (Å²) < 4.78 is 11.3. The molecule has 9 heteroatoms. The van der Waals surface area contributed by atoms with Gasteiger partial charge in [-0.05, 0) is 42.5 Å². The van der Waals surface area contributed by atoms with E-state index < -0.39 is 17.8 Å². The Morgan fingerprint density at radius 3 is 2.38 bits per heavy atom. The van der Waals surface area contributed by atoms with E-state index in [0.717, 1.165) is 16.2 Å². The number of carbonyl (C=O) groups excluding carboxylic acids is 4. The molecule has 1 saturated carbocycles. The van der Waals surface area contributed by atoms with Gasteiger partial charge in [0.15, 0.2) is 0 Å². The highest BCUT2D eigenvalue weighted by Crippen LogP contribution is 2.47. The molecule has 0 spiro atoms. The van der Waals surface area contributed by atoms with E-state index >= 15 is 0 Å². The third-order valence-corrected chi connectivity index (χ3v) is 7.37. The lowest BCUT2D eigenvalue weighted by Gasteiger charge is -2.41. The zero-order valence-corrected chi connectivity index (χ0v) is 22.3. The number of imide groups is 1. The number of pyridine rings is 1. The van der Waals surface area contributed by atoms with Crippen molar-refractivity contribution in [1.82, 2.24) is 9.88 Å². The molecule has 1 aromatic heterocycles. The fourth-order valence-corrected chi connectivity index (χ4v) is 5.75. The van der Waals surface area contributed by atoms with Gasteiger partial charge in [-0.2, -0.15) is 0 Å². The number of aliphatic imine (C=N–C) groups is 1. The first-order valence-corrected chi connectivity index (χ1v) is 13.1. The number of Topliss-reactive ketones (excluding diaryl/α,β-unsaturated/α-hetero) is 1. The third kappa shape index (κ3) is 5.06. The second-order valence-corrected chi connectivity index (χ2v) is 10.8. The first-order chi connectivity index (χ1) is 18.7. The maximum absolute atomic E-state index is 13.4. The summed E-state index contributed by atoms with van der Waals surface area (Å²) in [5.74, 6) is -2.40. The fourth-order valence-electron chi connectivity index (χ4n) is 5.75. The number of hydrogen-bond donors (Lipinski definition) is 0. The highest BCUT2D eigenvalue weighted by atomic mass is 16.5. The lowest BCUT2D eigenvalue weighted by molar-refractivity contribution is -0.139. The van der Waals surface area contributed by atoms with Crippen molar-refractivity contribution in [2.75, 3.05) is 26.4 Å². The predicted octanol–water partition coefficient (Wildman–Crippen LogP) is 3.76. The molecule has 5 rings (SSSR count). The molecule has 1 aliphatic carbocycles. The average molecular weight is 530 g/mol. The van der Waals surface area contributed by atoms with Crippen molar-refractivity contribution in [2.24, 2.45) is 16.3 Å². The molecule has 2 amide bonds. The van der Waals surface area contributed by atoms with E-state index in [1.807, 2.05) is 19.9 Å². The normalized spacial score (nSPS) is 22.0. The van der Waals surface area contributed by atoms with Gasteiger partial charge in [-0.25, -0.2) is 4.79 Å². The molecule has 39 heavy (non-hydrogen) atoms. The van der Waals surface area contributed by atoms with Crippen molar-refractivity contribution in [3.63, 3.8) is 0 Å². The number of hydrogen-bond acceptors (Lipinski definition) is 8. The van der Waals surface area contributed by atoms with Crippen LogP contribution in [0.3, 0.4) is 0 Å². The summed E-state index contributed by atoms with van der Waals surface area (Å²) in [4.78, 5) is 62.4. The molecule has 2 unspecified atom stereocenters. The van der Waals surface area contributed by atoms with Crippen LogP contribution in [-0.4, -0.2) is 65.5 Å². The summed E-state index contributed by atoms with van der Waals surface area (Å²) in [6.07, 6.45) is 4.30. The molecule has 0 N–H and O–H groups in total. The van der Waals surface area contributed by atoms with Gasteiger partial charge in [-0.1, -0.05) is 32.0 Å². The number of rotatable bonds is 8. The van der Waals surface area contributed by atoms with Gasteiger partial charge in [-0.3, -0.25) is 29.3 Å². The van der Waals surface area contributed by atoms with E-state index in [0.29, 0.717) is 29.7 Å². The maximum atomic E-state index is 13.4. The van der Waals surface area contributed by atoms with Gasteiger partial charge in [0.25, 0.3) is 11.8 Å². The standard InChI is InChI=1S/C30H31N3O6/c1-4-39-29(37)26-22(17-38-13-12-33-27(35)19-9-5-6-10-20(19)28(33)36)32-21-14-30(2,3)15-23(34)25(21)24(26)18-8-7-11-31-16-18/h5-11,16,24-25H,4,12-15,17H2,1-3H3. The summed E-state index contributed by atoms with van der Waals surface area (Å²) in [5.41, 5.74) is 2.62. The van der Waals surface area contributed by atoms with Crippen molar-refractivity contribution in [1.29, 1.82) is 0 Å². The lowest BCUT2D eigenvalue weighted by atomic mass is 9.63. The Kier molecular flexibility index (Phi) is 7.27. The van der Waals surface area contributed by atoms with Gasteiger partial charge in [-0.15, -0.1) is 0 Å². The zero-order valence-electron chi connectivity index (χ0n) is 22.3. The smallest absolute Gasteiger partial charge is 0.336 e. The SMILES string of the molecule is CCOC(=O)C1=C(COCCN2C(=O)c3ccccc3C2=O)N=C2CC(C)(C)CC(=O)C2C1c1cccnc1. The average Bonchev–Trinajstić information content (AvgIpc) is 3.15. The quantitative estimate of drug-likeness (QED) is 0.291. The molecule has 3 heterocycles. The van der Waals surface area contributed by atoms with Gasteiger partial charge in [0, 0.05) is 30.4 Å². The highest BCUT2D eigenvalue weighted by molar-refractivity contribution is 6.21. The topological polar surface area (TPSA) is 115 Å². The number of fused-ring (bicyclic) bond motifs is 2. The second kappa shape index (κ2) is 10.6. The molecule has 1 fully saturated rings. The van der Waals surface area contributed by atoms with Crippen LogP contribution in [0.5, 0.6) is 0 Å². The van der Waals surface area contributed by atoms with Crippen molar-refractivity contribution in [3.8, 4) is 0 Å².